The molecule has 2 aromatic carbocycles. The zero-order chi connectivity index (χ0) is 34.7. The molecule has 2 aliphatic heterocycles. The van der Waals surface area contributed by atoms with Gasteiger partial charge in [-0.25, -0.2) is 14.6 Å². The standard InChI is InChI=1S/C36H40N8O5/c1-36(2,42-20-18-40(19-21-42)35(47)48-3)22-25(23-37)33(45)41-17-7-8-27(24-41)43-30-15-16-39-32(38)31(30)44(34(43)46)26-11-13-29(14-12-26)49-28-9-5-4-6-10-28/h4-6,9-16,22,27H,7-8,17-21,24H2,1-3H3,(H2,38,39)/t27-/m1/s1. The topological polar surface area (TPSA) is 152 Å². The van der Waals surface area contributed by atoms with Crippen molar-refractivity contribution in [2.24, 2.45) is 0 Å². The van der Waals surface area contributed by atoms with E-state index in [4.69, 9.17) is 15.2 Å². The van der Waals surface area contributed by atoms with Gasteiger partial charge in [-0.15, -0.1) is 0 Å². The third-order valence-corrected chi connectivity index (χ3v) is 9.31. The number of aromatic nitrogens is 3. The van der Waals surface area contributed by atoms with Gasteiger partial charge in [-0.05, 0) is 75.2 Å². The van der Waals surface area contributed by atoms with Gasteiger partial charge in [-0.2, -0.15) is 5.26 Å². The van der Waals surface area contributed by atoms with Crippen LogP contribution in [0.5, 0.6) is 11.5 Å². The first-order chi connectivity index (χ1) is 23.6. The summed E-state index contributed by atoms with van der Waals surface area (Å²) in [6.07, 6.45) is 4.23. The Bertz CT molecular complexity index is 1970. The molecule has 6 rings (SSSR count). The Kier molecular flexibility index (Phi) is 9.42. The number of ether oxygens (including phenoxy) is 2. The number of benzene rings is 2. The number of anilines is 1. The zero-order valence-electron chi connectivity index (χ0n) is 27.9. The lowest BCUT2D eigenvalue weighted by Gasteiger charge is -2.42. The van der Waals surface area contributed by atoms with Gasteiger partial charge in [0, 0.05) is 51.0 Å². The first kappa shape index (κ1) is 33.3. The SMILES string of the molecule is COC(=O)N1CCN(C(C)(C)C=C(C#N)C(=O)N2CCC[C@@H](n3c(=O)n(-c4ccc(Oc5ccccc5)cc4)c4c(N)nccc43)C2)CC1. The Labute approximate surface area is 284 Å². The lowest BCUT2D eigenvalue weighted by Crippen LogP contribution is -2.55. The number of imidazole rings is 1. The van der Waals surface area contributed by atoms with Gasteiger partial charge in [0.2, 0.25) is 0 Å². The number of nitrogens with two attached hydrogens (primary N) is 1. The number of carbonyl (C=O) groups is 2. The summed E-state index contributed by atoms with van der Waals surface area (Å²) in [5.41, 5.74) is 7.20. The molecule has 2 N–H and O–H groups in total. The minimum Gasteiger partial charge on any atom is -0.457 e. The van der Waals surface area contributed by atoms with Gasteiger partial charge in [-0.1, -0.05) is 18.2 Å². The summed E-state index contributed by atoms with van der Waals surface area (Å²) in [5.74, 6) is 1.16. The van der Waals surface area contributed by atoms with E-state index in [1.807, 2.05) is 44.2 Å². The highest BCUT2D eigenvalue weighted by molar-refractivity contribution is 5.97. The van der Waals surface area contributed by atoms with Crippen LogP contribution >= 0.6 is 0 Å². The van der Waals surface area contributed by atoms with Crippen LogP contribution in [0.4, 0.5) is 10.6 Å². The number of rotatable bonds is 7. The monoisotopic (exact) mass is 664 g/mol. The van der Waals surface area contributed by atoms with Crippen LogP contribution in [0.15, 0.2) is 83.3 Å². The first-order valence-electron chi connectivity index (χ1n) is 16.3. The molecule has 49 heavy (non-hydrogen) atoms. The Morgan fingerprint density at radius 3 is 2.35 bits per heavy atom. The number of pyridine rings is 1. The van der Waals surface area contributed by atoms with E-state index in [9.17, 15) is 19.6 Å². The minimum atomic E-state index is -0.616. The number of para-hydroxylation sites is 1. The predicted molar refractivity (Wildman–Crippen MR) is 184 cm³/mol. The molecule has 0 bridgehead atoms. The van der Waals surface area contributed by atoms with Crippen LogP contribution in [0, 0.1) is 11.3 Å². The average molecular weight is 665 g/mol. The largest absolute Gasteiger partial charge is 0.457 e. The summed E-state index contributed by atoms with van der Waals surface area (Å²) in [4.78, 5) is 49.7. The van der Waals surface area contributed by atoms with Crippen molar-refractivity contribution in [1.29, 1.82) is 5.26 Å². The van der Waals surface area contributed by atoms with Crippen molar-refractivity contribution in [1.82, 2.24) is 28.8 Å². The van der Waals surface area contributed by atoms with Crippen LogP contribution in [-0.4, -0.2) is 92.7 Å². The van der Waals surface area contributed by atoms with Crippen molar-refractivity contribution >= 4 is 28.9 Å². The lowest BCUT2D eigenvalue weighted by atomic mass is 9.96. The van der Waals surface area contributed by atoms with Crippen molar-refractivity contribution in [3.63, 3.8) is 0 Å². The number of hydrogen-bond acceptors (Lipinski definition) is 9. The second-order valence-electron chi connectivity index (χ2n) is 12.8. The van der Waals surface area contributed by atoms with E-state index < -0.39 is 5.54 Å². The van der Waals surface area contributed by atoms with Crippen LogP contribution in [0.25, 0.3) is 16.7 Å². The fourth-order valence-electron chi connectivity index (χ4n) is 6.77. The molecule has 0 radical (unpaired) electrons. The summed E-state index contributed by atoms with van der Waals surface area (Å²) in [6.45, 7) is 6.75. The maximum Gasteiger partial charge on any atom is 0.409 e. The van der Waals surface area contributed by atoms with Gasteiger partial charge < -0.3 is 25.0 Å². The van der Waals surface area contributed by atoms with E-state index in [-0.39, 0.29) is 41.7 Å². The number of amides is 2. The Morgan fingerprint density at radius 2 is 1.67 bits per heavy atom. The second-order valence-corrected chi connectivity index (χ2v) is 12.8. The Morgan fingerprint density at radius 1 is 0.980 bits per heavy atom. The average Bonchev–Trinajstić information content (AvgIpc) is 3.43. The summed E-state index contributed by atoms with van der Waals surface area (Å²) in [7, 11) is 1.36. The molecule has 254 valence electrons. The number of piperidine rings is 1. The van der Waals surface area contributed by atoms with Crippen molar-refractivity contribution in [2.75, 3.05) is 52.1 Å². The number of nitrogens with zero attached hydrogens (tertiary/aromatic N) is 7. The molecule has 4 aromatic rings. The van der Waals surface area contributed by atoms with E-state index >= 15 is 0 Å². The number of likely N-dealkylation sites (tertiary alicyclic amines) is 1. The molecule has 13 heteroatoms. The number of methoxy groups -OCH3 is 1. The molecule has 2 saturated heterocycles. The van der Waals surface area contributed by atoms with Gasteiger partial charge >= 0.3 is 11.8 Å². The highest BCUT2D eigenvalue weighted by Crippen LogP contribution is 2.30. The highest BCUT2D eigenvalue weighted by atomic mass is 16.5. The Hall–Kier alpha value is -5.61. The quantitative estimate of drug-likeness (QED) is 0.225. The van der Waals surface area contributed by atoms with Crippen LogP contribution < -0.4 is 16.2 Å². The third kappa shape index (κ3) is 6.73. The van der Waals surface area contributed by atoms with Crippen molar-refractivity contribution in [2.45, 2.75) is 38.3 Å². The number of fused-ring (bicyclic) bond motifs is 1. The molecule has 4 heterocycles. The van der Waals surface area contributed by atoms with Crippen LogP contribution in [0.3, 0.4) is 0 Å². The van der Waals surface area contributed by atoms with Gasteiger partial charge in [-0.3, -0.25) is 18.8 Å². The van der Waals surface area contributed by atoms with Gasteiger partial charge in [0.15, 0.2) is 0 Å². The van der Waals surface area contributed by atoms with Crippen LogP contribution in [0.2, 0.25) is 0 Å². The summed E-state index contributed by atoms with van der Waals surface area (Å²) in [5, 5.41) is 10.1. The summed E-state index contributed by atoms with van der Waals surface area (Å²) >= 11 is 0. The van der Waals surface area contributed by atoms with E-state index in [2.05, 4.69) is 16.0 Å². The van der Waals surface area contributed by atoms with Crippen molar-refractivity contribution in [3.8, 4) is 23.3 Å². The second kappa shape index (κ2) is 13.9. The van der Waals surface area contributed by atoms with E-state index in [0.29, 0.717) is 73.8 Å². The molecular weight excluding hydrogens is 624 g/mol. The molecule has 1 atom stereocenters. The molecule has 0 saturated carbocycles. The fourth-order valence-corrected chi connectivity index (χ4v) is 6.77. The summed E-state index contributed by atoms with van der Waals surface area (Å²) in [6, 6.07) is 20.2. The molecule has 2 amide bonds. The normalized spacial score (nSPS) is 17.5. The molecule has 0 unspecified atom stereocenters. The highest BCUT2D eigenvalue weighted by Gasteiger charge is 2.34. The smallest absolute Gasteiger partial charge is 0.409 e. The molecule has 2 aliphatic rings. The van der Waals surface area contributed by atoms with E-state index in [1.165, 1.54) is 7.11 Å². The van der Waals surface area contributed by atoms with Gasteiger partial charge in [0.1, 0.15) is 34.5 Å². The van der Waals surface area contributed by atoms with Crippen molar-refractivity contribution < 1.29 is 19.1 Å². The first-order valence-corrected chi connectivity index (χ1v) is 16.3. The minimum absolute atomic E-state index is 0.0436. The number of nitrogen functional groups attached to an aromatic ring is 1. The van der Waals surface area contributed by atoms with Gasteiger partial charge in [0.05, 0.1) is 24.4 Å². The molecular formula is C36H40N8O5. The molecule has 0 spiro atoms. The van der Waals surface area contributed by atoms with Crippen molar-refractivity contribution in [3.05, 3.63) is 89.0 Å². The number of piperazine rings is 1. The van der Waals surface area contributed by atoms with E-state index in [1.54, 1.807) is 61.5 Å². The maximum absolute atomic E-state index is 14.2. The van der Waals surface area contributed by atoms with Gasteiger partial charge in [0.25, 0.3) is 5.91 Å². The summed E-state index contributed by atoms with van der Waals surface area (Å²) < 4.78 is 14.0. The fraction of sp³-hybridized carbons (Fsp3) is 0.361. The van der Waals surface area contributed by atoms with E-state index in [0.717, 1.165) is 0 Å². The molecule has 13 nitrogen and oxygen atoms in total. The zero-order valence-corrected chi connectivity index (χ0v) is 27.9. The van der Waals surface area contributed by atoms with Crippen LogP contribution in [-0.2, 0) is 9.53 Å². The number of nitriles is 1. The molecule has 2 fully saturated rings. The Balaban J connectivity index is 1.25. The molecule has 0 aliphatic carbocycles. The predicted octanol–water partition coefficient (Wildman–Crippen LogP) is 4.34. The van der Waals surface area contributed by atoms with Crippen LogP contribution in [0.1, 0.15) is 32.7 Å². The molecule has 2 aromatic heterocycles. The lowest BCUT2D eigenvalue weighted by molar-refractivity contribution is -0.128. The maximum atomic E-state index is 14.2. The third-order valence-electron chi connectivity index (χ3n) is 9.31. The number of carbonyl (C=O) groups excluding carboxylic acids is 2. The number of hydrogen-bond donors (Lipinski definition) is 1.